The van der Waals surface area contributed by atoms with E-state index in [9.17, 15) is 9.18 Å². The molecule has 9 nitrogen and oxygen atoms in total. The minimum Gasteiger partial charge on any atom is -0.493 e. The Bertz CT molecular complexity index is 1050. The summed E-state index contributed by atoms with van der Waals surface area (Å²) >= 11 is 1.16. The summed E-state index contributed by atoms with van der Waals surface area (Å²) in [5.41, 5.74) is 1.56. The van der Waals surface area contributed by atoms with Crippen LogP contribution in [0.1, 0.15) is 5.56 Å². The number of amides is 1. The molecular formula is C21H24FN5O4S. The number of nitrogens with two attached hydrogens (primary N) is 1. The Morgan fingerprint density at radius 1 is 1.09 bits per heavy atom. The molecule has 0 aliphatic carbocycles. The zero-order chi connectivity index (χ0) is 23.1. The fourth-order valence-corrected chi connectivity index (χ4v) is 3.65. The summed E-state index contributed by atoms with van der Waals surface area (Å²) < 4.78 is 30.3. The third kappa shape index (κ3) is 5.41. The predicted molar refractivity (Wildman–Crippen MR) is 119 cm³/mol. The summed E-state index contributed by atoms with van der Waals surface area (Å²) in [5, 5.41) is 11.4. The third-order valence-corrected chi connectivity index (χ3v) is 5.51. The smallest absolute Gasteiger partial charge is 0.230 e. The second-order valence-electron chi connectivity index (χ2n) is 6.61. The standard InChI is InChI=1S/C21H24FN5O4S/c1-29-16-10-14(11-17(30-2)19(16)31-3)20-25-26-21(27(20)23)32-12-18(28)24-9-8-13-4-6-15(22)7-5-13/h4-7,10-11H,8-9,12,23H2,1-3H3,(H,24,28). The van der Waals surface area contributed by atoms with Gasteiger partial charge in [0.2, 0.25) is 16.8 Å². The van der Waals surface area contributed by atoms with Crippen LogP contribution in [-0.4, -0.2) is 54.4 Å². The SMILES string of the molecule is COc1cc(-c2nnc(SCC(=O)NCCc3ccc(F)cc3)n2N)cc(OC)c1OC. The van der Waals surface area contributed by atoms with Crippen LogP contribution in [0.25, 0.3) is 11.4 Å². The van der Waals surface area contributed by atoms with E-state index in [1.807, 2.05) is 0 Å². The molecule has 3 aromatic rings. The molecule has 3 N–H and O–H groups in total. The van der Waals surface area contributed by atoms with Crippen molar-refractivity contribution in [3.63, 3.8) is 0 Å². The van der Waals surface area contributed by atoms with E-state index in [0.717, 1.165) is 17.3 Å². The van der Waals surface area contributed by atoms with Crippen LogP contribution >= 0.6 is 11.8 Å². The quantitative estimate of drug-likeness (QED) is 0.349. The van der Waals surface area contributed by atoms with Gasteiger partial charge in [-0.15, -0.1) is 10.2 Å². The van der Waals surface area contributed by atoms with Gasteiger partial charge in [-0.2, -0.15) is 0 Å². The molecule has 0 aliphatic heterocycles. The lowest BCUT2D eigenvalue weighted by molar-refractivity contribution is -0.118. The van der Waals surface area contributed by atoms with Gasteiger partial charge in [-0.25, -0.2) is 9.07 Å². The van der Waals surface area contributed by atoms with Crippen LogP contribution < -0.4 is 25.4 Å². The van der Waals surface area contributed by atoms with Gasteiger partial charge in [0.25, 0.3) is 0 Å². The van der Waals surface area contributed by atoms with Crippen molar-refractivity contribution in [1.82, 2.24) is 20.2 Å². The Morgan fingerprint density at radius 3 is 2.34 bits per heavy atom. The molecule has 3 rings (SSSR count). The number of nitrogen functional groups attached to an aromatic ring is 1. The van der Waals surface area contributed by atoms with Crippen molar-refractivity contribution in [3.05, 3.63) is 47.8 Å². The summed E-state index contributed by atoms with van der Waals surface area (Å²) in [7, 11) is 4.55. The highest BCUT2D eigenvalue weighted by Crippen LogP contribution is 2.40. The number of thioether (sulfide) groups is 1. The molecule has 0 spiro atoms. The van der Waals surface area contributed by atoms with Gasteiger partial charge in [0.15, 0.2) is 17.3 Å². The fourth-order valence-electron chi connectivity index (χ4n) is 2.96. The van der Waals surface area contributed by atoms with Gasteiger partial charge in [0, 0.05) is 12.1 Å². The Hall–Kier alpha value is -3.47. The molecule has 0 bridgehead atoms. The number of carbonyl (C=O) groups excluding carboxylic acids is 1. The lowest BCUT2D eigenvalue weighted by Crippen LogP contribution is -2.27. The molecule has 0 atom stereocenters. The molecule has 32 heavy (non-hydrogen) atoms. The molecule has 1 heterocycles. The lowest BCUT2D eigenvalue weighted by Gasteiger charge is -2.13. The number of methoxy groups -OCH3 is 3. The highest BCUT2D eigenvalue weighted by Gasteiger charge is 2.19. The van der Waals surface area contributed by atoms with Crippen molar-refractivity contribution in [2.45, 2.75) is 11.6 Å². The average molecular weight is 462 g/mol. The maximum Gasteiger partial charge on any atom is 0.230 e. The molecule has 0 unspecified atom stereocenters. The molecule has 0 aliphatic rings. The van der Waals surface area contributed by atoms with Crippen LogP contribution in [0, 0.1) is 5.82 Å². The van der Waals surface area contributed by atoms with E-state index < -0.39 is 0 Å². The summed E-state index contributed by atoms with van der Waals surface area (Å²) in [6.45, 7) is 0.441. The Labute approximate surface area is 189 Å². The zero-order valence-electron chi connectivity index (χ0n) is 17.9. The predicted octanol–water partition coefficient (Wildman–Crippen LogP) is 2.27. The van der Waals surface area contributed by atoms with Crippen molar-refractivity contribution >= 4 is 17.7 Å². The van der Waals surface area contributed by atoms with E-state index in [-0.39, 0.29) is 17.5 Å². The first-order chi connectivity index (χ1) is 15.5. The van der Waals surface area contributed by atoms with Crippen molar-refractivity contribution in [3.8, 4) is 28.6 Å². The molecule has 1 amide bonds. The van der Waals surface area contributed by atoms with E-state index in [1.54, 1.807) is 24.3 Å². The van der Waals surface area contributed by atoms with Gasteiger partial charge < -0.3 is 25.4 Å². The minimum absolute atomic E-state index is 0.119. The number of aromatic nitrogens is 3. The molecule has 0 fully saturated rings. The molecular weight excluding hydrogens is 437 g/mol. The van der Waals surface area contributed by atoms with Crippen LogP contribution in [-0.2, 0) is 11.2 Å². The second-order valence-corrected chi connectivity index (χ2v) is 7.55. The summed E-state index contributed by atoms with van der Waals surface area (Å²) in [4.78, 5) is 12.1. The molecule has 0 radical (unpaired) electrons. The van der Waals surface area contributed by atoms with E-state index in [1.165, 1.54) is 38.1 Å². The summed E-state index contributed by atoms with van der Waals surface area (Å²) in [6, 6.07) is 9.60. The zero-order valence-corrected chi connectivity index (χ0v) is 18.7. The number of rotatable bonds is 10. The van der Waals surface area contributed by atoms with E-state index in [0.29, 0.717) is 46.8 Å². The highest BCUT2D eigenvalue weighted by atomic mass is 32.2. The van der Waals surface area contributed by atoms with Gasteiger partial charge >= 0.3 is 0 Å². The normalized spacial score (nSPS) is 10.6. The number of ether oxygens (including phenoxy) is 3. The van der Waals surface area contributed by atoms with Gasteiger partial charge in [-0.3, -0.25) is 4.79 Å². The average Bonchev–Trinajstić information content (AvgIpc) is 3.18. The van der Waals surface area contributed by atoms with Crippen LogP contribution in [0.4, 0.5) is 4.39 Å². The van der Waals surface area contributed by atoms with E-state index in [4.69, 9.17) is 20.1 Å². The van der Waals surface area contributed by atoms with Crippen LogP contribution in [0.5, 0.6) is 17.2 Å². The maximum absolute atomic E-state index is 12.9. The van der Waals surface area contributed by atoms with Gasteiger partial charge in [-0.05, 0) is 36.2 Å². The third-order valence-electron chi connectivity index (χ3n) is 4.57. The number of nitrogens with one attached hydrogen (secondary N) is 1. The van der Waals surface area contributed by atoms with Crippen LogP contribution in [0.3, 0.4) is 0 Å². The molecule has 2 aromatic carbocycles. The van der Waals surface area contributed by atoms with Crippen molar-refractivity contribution in [1.29, 1.82) is 0 Å². The summed E-state index contributed by atoms with van der Waals surface area (Å²) in [5.74, 6) is 7.57. The van der Waals surface area contributed by atoms with Gasteiger partial charge in [0.1, 0.15) is 5.82 Å². The van der Waals surface area contributed by atoms with Crippen molar-refractivity contribution in [2.24, 2.45) is 0 Å². The fraction of sp³-hybridized carbons (Fsp3) is 0.286. The molecule has 170 valence electrons. The number of carbonyl (C=O) groups is 1. The first-order valence-corrected chi connectivity index (χ1v) is 10.6. The highest BCUT2D eigenvalue weighted by molar-refractivity contribution is 7.99. The molecule has 11 heteroatoms. The molecule has 0 saturated carbocycles. The first kappa shape index (κ1) is 23.2. The number of nitrogens with zero attached hydrogens (tertiary/aromatic N) is 3. The minimum atomic E-state index is -0.286. The maximum atomic E-state index is 12.9. The lowest BCUT2D eigenvalue weighted by atomic mass is 10.1. The monoisotopic (exact) mass is 461 g/mol. The Morgan fingerprint density at radius 2 is 1.75 bits per heavy atom. The molecule has 1 aromatic heterocycles. The largest absolute Gasteiger partial charge is 0.493 e. The topological polar surface area (TPSA) is 114 Å². The van der Waals surface area contributed by atoms with E-state index >= 15 is 0 Å². The number of hydrogen-bond donors (Lipinski definition) is 2. The van der Waals surface area contributed by atoms with Crippen LogP contribution in [0.2, 0.25) is 0 Å². The second kappa shape index (κ2) is 10.7. The Balaban J connectivity index is 1.61. The number of halogens is 1. The van der Waals surface area contributed by atoms with Crippen LogP contribution in [0.15, 0.2) is 41.6 Å². The van der Waals surface area contributed by atoms with E-state index in [2.05, 4.69) is 15.5 Å². The Kier molecular flexibility index (Phi) is 7.77. The van der Waals surface area contributed by atoms with Gasteiger partial charge in [0.05, 0.1) is 27.1 Å². The first-order valence-electron chi connectivity index (χ1n) is 9.61. The van der Waals surface area contributed by atoms with Gasteiger partial charge in [-0.1, -0.05) is 23.9 Å². The van der Waals surface area contributed by atoms with Crippen molar-refractivity contribution in [2.75, 3.05) is 39.5 Å². The summed E-state index contributed by atoms with van der Waals surface area (Å²) in [6.07, 6.45) is 0.606. The number of hydrogen-bond acceptors (Lipinski definition) is 8. The molecule has 0 saturated heterocycles. The number of benzene rings is 2. The van der Waals surface area contributed by atoms with Crippen molar-refractivity contribution < 1.29 is 23.4 Å².